The highest BCUT2D eigenvalue weighted by molar-refractivity contribution is 5.49. The minimum Gasteiger partial charge on any atom is -0.403 e. The summed E-state index contributed by atoms with van der Waals surface area (Å²) in [6.07, 6.45) is 6.80. The van der Waals surface area contributed by atoms with Crippen LogP contribution in [0.25, 0.3) is 0 Å². The summed E-state index contributed by atoms with van der Waals surface area (Å²) in [4.78, 5) is 10.5. The summed E-state index contributed by atoms with van der Waals surface area (Å²) in [5.74, 6) is 0.614. The van der Waals surface area contributed by atoms with E-state index in [9.17, 15) is 22.4 Å². The molecular formula is C22H28F4O2. The average molecular weight is 400 g/mol. The molecule has 0 atom stereocenters. The van der Waals surface area contributed by atoms with Crippen LogP contribution in [-0.2, 0) is 4.79 Å². The maximum absolute atomic E-state index is 14.0. The maximum Gasteiger partial charge on any atom is 0.573 e. The fourth-order valence-corrected chi connectivity index (χ4v) is 5.15. The Bertz CT molecular complexity index is 642. The SMILES string of the molecule is O=CCCC1CCC(C2CCC(c3ccc(OC(F)(F)F)c(F)c3)CC2)CC1. The van der Waals surface area contributed by atoms with Gasteiger partial charge in [-0.05, 0) is 86.3 Å². The summed E-state index contributed by atoms with van der Waals surface area (Å²) in [5, 5.41) is 0. The molecule has 0 N–H and O–H groups in total. The fourth-order valence-electron chi connectivity index (χ4n) is 5.15. The molecule has 0 aliphatic heterocycles. The lowest BCUT2D eigenvalue weighted by Gasteiger charge is -2.38. The minimum absolute atomic E-state index is 0.203. The van der Waals surface area contributed by atoms with Gasteiger partial charge in [0.1, 0.15) is 6.29 Å². The number of rotatable bonds is 6. The van der Waals surface area contributed by atoms with Gasteiger partial charge < -0.3 is 9.53 Å². The van der Waals surface area contributed by atoms with Gasteiger partial charge >= 0.3 is 6.36 Å². The number of ether oxygens (including phenoxy) is 1. The molecule has 0 saturated heterocycles. The molecule has 0 radical (unpaired) electrons. The van der Waals surface area contributed by atoms with Gasteiger partial charge in [-0.1, -0.05) is 18.9 Å². The molecule has 2 aliphatic carbocycles. The predicted molar refractivity (Wildman–Crippen MR) is 98.5 cm³/mol. The summed E-state index contributed by atoms with van der Waals surface area (Å²) in [5.41, 5.74) is 0.767. The third-order valence-corrected chi connectivity index (χ3v) is 6.68. The third kappa shape index (κ3) is 5.71. The number of carbonyl (C=O) groups excluding carboxylic acids is 1. The Kier molecular flexibility index (Phi) is 7.00. The quantitative estimate of drug-likeness (QED) is 0.388. The van der Waals surface area contributed by atoms with Crippen molar-refractivity contribution in [2.75, 3.05) is 0 Å². The predicted octanol–water partition coefficient (Wildman–Crippen LogP) is 6.78. The molecule has 1 aromatic rings. The summed E-state index contributed by atoms with van der Waals surface area (Å²) >= 11 is 0. The Morgan fingerprint density at radius 2 is 1.57 bits per heavy atom. The van der Waals surface area contributed by atoms with Crippen LogP contribution in [0.2, 0.25) is 0 Å². The molecule has 28 heavy (non-hydrogen) atoms. The van der Waals surface area contributed by atoms with E-state index in [1.165, 1.54) is 31.7 Å². The first kappa shape index (κ1) is 21.1. The first-order valence-electron chi connectivity index (χ1n) is 10.3. The van der Waals surface area contributed by atoms with Gasteiger partial charge in [0, 0.05) is 6.42 Å². The zero-order chi connectivity index (χ0) is 20.1. The summed E-state index contributed by atoms with van der Waals surface area (Å²) in [6, 6.07) is 3.85. The van der Waals surface area contributed by atoms with Crippen LogP contribution < -0.4 is 4.74 Å². The van der Waals surface area contributed by atoms with Gasteiger partial charge in [-0.3, -0.25) is 0 Å². The van der Waals surface area contributed by atoms with E-state index in [0.29, 0.717) is 18.3 Å². The number of benzene rings is 1. The number of carbonyl (C=O) groups is 1. The Labute approximate surface area is 163 Å². The number of aldehydes is 1. The molecule has 156 valence electrons. The van der Waals surface area contributed by atoms with Crippen molar-refractivity contribution in [1.29, 1.82) is 0 Å². The van der Waals surface area contributed by atoms with Crippen LogP contribution in [0.5, 0.6) is 5.75 Å². The first-order valence-corrected chi connectivity index (χ1v) is 10.3. The molecule has 6 heteroatoms. The average Bonchev–Trinajstić information content (AvgIpc) is 2.67. The lowest BCUT2D eigenvalue weighted by molar-refractivity contribution is -0.275. The summed E-state index contributed by atoms with van der Waals surface area (Å²) in [7, 11) is 0. The Morgan fingerprint density at radius 3 is 2.11 bits per heavy atom. The van der Waals surface area contributed by atoms with Gasteiger partial charge in [0.2, 0.25) is 0 Å². The monoisotopic (exact) mass is 400 g/mol. The molecule has 1 aromatic carbocycles. The first-order chi connectivity index (χ1) is 13.4. The third-order valence-electron chi connectivity index (χ3n) is 6.68. The number of hydrogen-bond acceptors (Lipinski definition) is 2. The van der Waals surface area contributed by atoms with E-state index in [2.05, 4.69) is 4.74 Å². The van der Waals surface area contributed by atoms with Gasteiger partial charge in [0.05, 0.1) is 0 Å². The van der Waals surface area contributed by atoms with Crippen molar-refractivity contribution in [1.82, 2.24) is 0 Å². The van der Waals surface area contributed by atoms with Crippen LogP contribution >= 0.6 is 0 Å². The second-order valence-electron chi connectivity index (χ2n) is 8.37. The molecule has 0 heterocycles. The van der Waals surface area contributed by atoms with E-state index in [4.69, 9.17) is 0 Å². The second kappa shape index (κ2) is 9.27. The van der Waals surface area contributed by atoms with Gasteiger partial charge in [0.25, 0.3) is 0 Å². The Balaban J connectivity index is 1.49. The van der Waals surface area contributed by atoms with Crippen LogP contribution in [0.1, 0.15) is 75.7 Å². The minimum atomic E-state index is -4.88. The molecule has 0 amide bonds. The van der Waals surface area contributed by atoms with Crippen LogP contribution in [0.3, 0.4) is 0 Å². The topological polar surface area (TPSA) is 26.3 Å². The second-order valence-corrected chi connectivity index (χ2v) is 8.37. The lowest BCUT2D eigenvalue weighted by Crippen LogP contribution is -2.25. The molecule has 2 fully saturated rings. The zero-order valence-electron chi connectivity index (χ0n) is 16.0. The van der Waals surface area contributed by atoms with Crippen molar-refractivity contribution in [3.8, 4) is 5.75 Å². The molecule has 3 rings (SSSR count). The van der Waals surface area contributed by atoms with Crippen LogP contribution in [-0.4, -0.2) is 12.6 Å². The number of halogens is 4. The normalized spacial score (nSPS) is 28.7. The number of hydrogen-bond donors (Lipinski definition) is 0. The van der Waals surface area contributed by atoms with Crippen molar-refractivity contribution < 1.29 is 27.1 Å². The fraction of sp³-hybridized carbons (Fsp3) is 0.682. The molecule has 2 nitrogen and oxygen atoms in total. The molecule has 2 aliphatic rings. The van der Waals surface area contributed by atoms with Gasteiger partial charge in [-0.15, -0.1) is 13.2 Å². The van der Waals surface area contributed by atoms with Crippen molar-refractivity contribution >= 4 is 6.29 Å². The highest BCUT2D eigenvalue weighted by Crippen LogP contribution is 2.44. The van der Waals surface area contributed by atoms with Crippen LogP contribution in [0.15, 0.2) is 18.2 Å². The van der Waals surface area contributed by atoms with Crippen molar-refractivity contribution in [2.24, 2.45) is 17.8 Å². The van der Waals surface area contributed by atoms with Crippen molar-refractivity contribution in [3.63, 3.8) is 0 Å². The van der Waals surface area contributed by atoms with Crippen molar-refractivity contribution in [3.05, 3.63) is 29.6 Å². The van der Waals surface area contributed by atoms with E-state index in [0.717, 1.165) is 55.9 Å². The van der Waals surface area contributed by atoms with E-state index in [1.807, 2.05) is 0 Å². The summed E-state index contributed by atoms with van der Waals surface area (Å²) < 4.78 is 54.5. The zero-order valence-corrected chi connectivity index (χ0v) is 16.0. The highest BCUT2D eigenvalue weighted by atomic mass is 19.4. The maximum atomic E-state index is 14.0. The molecule has 0 aromatic heterocycles. The molecule has 0 spiro atoms. The standard InChI is InChI=1S/C22H28F4O2/c23-20-14-19(11-12-21(20)28-22(24,25)26)18-9-7-17(8-10-18)16-5-3-15(4-6-16)2-1-13-27/h11-18H,1-10H2. The summed E-state index contributed by atoms with van der Waals surface area (Å²) in [6.45, 7) is 0. The highest BCUT2D eigenvalue weighted by Gasteiger charge is 2.34. The smallest absolute Gasteiger partial charge is 0.403 e. The molecular weight excluding hydrogens is 372 g/mol. The molecule has 0 unspecified atom stereocenters. The van der Waals surface area contributed by atoms with Crippen LogP contribution in [0, 0.1) is 23.6 Å². The van der Waals surface area contributed by atoms with E-state index >= 15 is 0 Å². The molecule has 2 saturated carbocycles. The van der Waals surface area contributed by atoms with Gasteiger partial charge in [0.15, 0.2) is 11.6 Å². The lowest BCUT2D eigenvalue weighted by atomic mass is 9.68. The molecule has 0 bridgehead atoms. The van der Waals surface area contributed by atoms with E-state index in [1.54, 1.807) is 6.07 Å². The Morgan fingerprint density at radius 1 is 0.964 bits per heavy atom. The number of alkyl halides is 3. The largest absolute Gasteiger partial charge is 0.573 e. The van der Waals surface area contributed by atoms with Gasteiger partial charge in [-0.25, -0.2) is 4.39 Å². The van der Waals surface area contributed by atoms with Crippen LogP contribution in [0.4, 0.5) is 17.6 Å². The van der Waals surface area contributed by atoms with E-state index in [-0.39, 0.29) is 5.92 Å². The van der Waals surface area contributed by atoms with Crippen molar-refractivity contribution in [2.45, 2.75) is 76.5 Å². The van der Waals surface area contributed by atoms with E-state index < -0.39 is 17.9 Å². The Hall–Kier alpha value is -1.59. The van der Waals surface area contributed by atoms with Gasteiger partial charge in [-0.2, -0.15) is 0 Å².